The second-order valence-corrected chi connectivity index (χ2v) is 4.97. The van der Waals surface area contributed by atoms with Crippen molar-refractivity contribution in [2.24, 2.45) is 11.8 Å². The smallest absolute Gasteiger partial charge is 0.268 e. The van der Waals surface area contributed by atoms with Crippen LogP contribution in [0.4, 0.5) is 0 Å². The fraction of sp³-hybridized carbons (Fsp3) is 0.429. The normalized spacial score (nSPS) is 18.2. The molecule has 1 heterocycles. The molecule has 1 aromatic carbocycles. The van der Waals surface area contributed by atoms with Gasteiger partial charge in [-0.2, -0.15) is 0 Å². The zero-order valence-corrected chi connectivity index (χ0v) is 11.5. The van der Waals surface area contributed by atoms with E-state index in [-0.39, 0.29) is 5.91 Å². The van der Waals surface area contributed by atoms with Crippen LogP contribution in [0.3, 0.4) is 0 Å². The molecule has 1 unspecified atom stereocenters. The molecule has 6 nitrogen and oxygen atoms in total. The third-order valence-electron chi connectivity index (χ3n) is 3.29. The molecule has 1 saturated heterocycles. The van der Waals surface area contributed by atoms with Crippen LogP contribution in [-0.2, 0) is 4.79 Å². The number of para-hydroxylation sites is 1. The largest absolute Gasteiger partial charge is 0.491 e. The third-order valence-corrected chi connectivity index (χ3v) is 3.29. The highest BCUT2D eigenvalue weighted by atomic mass is 16.5. The monoisotopic (exact) mass is 277 g/mol. The molecule has 2 rings (SSSR count). The van der Waals surface area contributed by atoms with Crippen molar-refractivity contribution >= 4 is 11.8 Å². The number of carbonyl (C=O) groups is 2. The Bertz CT molecular complexity index is 504. The zero-order valence-electron chi connectivity index (χ0n) is 11.5. The third kappa shape index (κ3) is 3.27. The standard InChI is InChI=1S/C14H19N3O3/c1-10-8-13(18)17(9-10)6-7-20-12-5-3-2-4-11(12)14(19)16-15/h2-5,10H,6-9,15H2,1H3,(H,16,19). The SMILES string of the molecule is CC1CC(=O)N(CCOc2ccccc2C(=O)NN)C1. The first kappa shape index (κ1) is 14.3. The van der Waals surface area contributed by atoms with E-state index in [2.05, 4.69) is 12.3 Å². The summed E-state index contributed by atoms with van der Waals surface area (Å²) in [7, 11) is 0. The number of amides is 2. The van der Waals surface area contributed by atoms with Gasteiger partial charge >= 0.3 is 0 Å². The maximum Gasteiger partial charge on any atom is 0.268 e. The number of ether oxygens (including phenoxy) is 1. The summed E-state index contributed by atoms with van der Waals surface area (Å²) >= 11 is 0. The first-order valence-corrected chi connectivity index (χ1v) is 6.62. The van der Waals surface area contributed by atoms with Crippen molar-refractivity contribution in [3.63, 3.8) is 0 Å². The molecule has 6 heteroatoms. The quantitative estimate of drug-likeness (QED) is 0.467. The Kier molecular flexibility index (Phi) is 4.57. The van der Waals surface area contributed by atoms with E-state index in [4.69, 9.17) is 10.6 Å². The second-order valence-electron chi connectivity index (χ2n) is 4.97. The molecule has 3 N–H and O–H groups in total. The molecular formula is C14H19N3O3. The van der Waals surface area contributed by atoms with Crippen molar-refractivity contribution in [3.05, 3.63) is 29.8 Å². The van der Waals surface area contributed by atoms with Gasteiger partial charge in [0.05, 0.1) is 12.1 Å². The molecule has 0 saturated carbocycles. The van der Waals surface area contributed by atoms with Gasteiger partial charge in [-0.25, -0.2) is 5.84 Å². The first-order chi connectivity index (χ1) is 9.61. The zero-order chi connectivity index (χ0) is 14.5. The number of likely N-dealkylation sites (tertiary alicyclic amines) is 1. The Morgan fingerprint density at radius 2 is 2.25 bits per heavy atom. The van der Waals surface area contributed by atoms with Gasteiger partial charge in [0.1, 0.15) is 12.4 Å². The minimum Gasteiger partial charge on any atom is -0.491 e. The number of hydrogen-bond acceptors (Lipinski definition) is 4. The minimum absolute atomic E-state index is 0.161. The van der Waals surface area contributed by atoms with E-state index in [0.717, 1.165) is 6.54 Å². The Labute approximate surface area is 117 Å². The summed E-state index contributed by atoms with van der Waals surface area (Å²) < 4.78 is 5.60. The molecule has 1 aromatic rings. The number of carbonyl (C=O) groups excluding carboxylic acids is 2. The lowest BCUT2D eigenvalue weighted by atomic mass is 10.2. The first-order valence-electron chi connectivity index (χ1n) is 6.62. The Morgan fingerprint density at radius 1 is 1.50 bits per heavy atom. The Morgan fingerprint density at radius 3 is 2.90 bits per heavy atom. The molecule has 0 bridgehead atoms. The van der Waals surface area contributed by atoms with Crippen LogP contribution < -0.4 is 16.0 Å². The number of nitrogens with two attached hydrogens (primary N) is 1. The van der Waals surface area contributed by atoms with Gasteiger partial charge in [-0.05, 0) is 18.1 Å². The van der Waals surface area contributed by atoms with Crippen LogP contribution >= 0.6 is 0 Å². The number of nitrogen functional groups attached to an aromatic ring is 1. The van der Waals surface area contributed by atoms with Crippen LogP contribution in [0.15, 0.2) is 24.3 Å². The maximum atomic E-state index is 11.6. The molecule has 1 aliphatic rings. The number of benzene rings is 1. The molecule has 0 spiro atoms. The molecule has 0 radical (unpaired) electrons. The van der Waals surface area contributed by atoms with E-state index in [1.165, 1.54) is 0 Å². The molecule has 0 aromatic heterocycles. The summed E-state index contributed by atoms with van der Waals surface area (Å²) in [5.41, 5.74) is 2.47. The average molecular weight is 277 g/mol. The van der Waals surface area contributed by atoms with E-state index in [0.29, 0.717) is 36.8 Å². The van der Waals surface area contributed by atoms with Gasteiger partial charge in [-0.15, -0.1) is 0 Å². The molecule has 0 aliphatic carbocycles. The topological polar surface area (TPSA) is 84.7 Å². The lowest BCUT2D eigenvalue weighted by Gasteiger charge is -2.17. The van der Waals surface area contributed by atoms with Crippen LogP contribution in [0.1, 0.15) is 23.7 Å². The molecular weight excluding hydrogens is 258 g/mol. The van der Waals surface area contributed by atoms with Gasteiger partial charge in [-0.1, -0.05) is 19.1 Å². The summed E-state index contributed by atoms with van der Waals surface area (Å²) in [6.07, 6.45) is 0.603. The van der Waals surface area contributed by atoms with Crippen molar-refractivity contribution in [2.45, 2.75) is 13.3 Å². The van der Waals surface area contributed by atoms with E-state index < -0.39 is 5.91 Å². The van der Waals surface area contributed by atoms with Crippen molar-refractivity contribution < 1.29 is 14.3 Å². The minimum atomic E-state index is -0.397. The molecule has 1 aliphatic heterocycles. The van der Waals surface area contributed by atoms with Crippen LogP contribution in [0.5, 0.6) is 5.75 Å². The Hall–Kier alpha value is -2.08. The summed E-state index contributed by atoms with van der Waals surface area (Å²) in [5, 5.41) is 0. The van der Waals surface area contributed by atoms with Crippen molar-refractivity contribution in [1.29, 1.82) is 0 Å². The fourth-order valence-corrected chi connectivity index (χ4v) is 2.31. The summed E-state index contributed by atoms with van der Waals surface area (Å²) in [5.74, 6) is 5.76. The summed E-state index contributed by atoms with van der Waals surface area (Å²) in [6, 6.07) is 6.87. The molecule has 20 heavy (non-hydrogen) atoms. The van der Waals surface area contributed by atoms with Crippen LogP contribution in [0, 0.1) is 5.92 Å². The van der Waals surface area contributed by atoms with E-state index in [1.54, 1.807) is 29.2 Å². The number of nitrogens with zero attached hydrogens (tertiary/aromatic N) is 1. The Balaban J connectivity index is 1.91. The van der Waals surface area contributed by atoms with Crippen LogP contribution in [0.25, 0.3) is 0 Å². The van der Waals surface area contributed by atoms with Crippen LogP contribution in [0.2, 0.25) is 0 Å². The predicted octanol–water partition coefficient (Wildman–Crippen LogP) is 0.537. The number of hydrazine groups is 1. The summed E-state index contributed by atoms with van der Waals surface area (Å²) in [6.45, 7) is 3.71. The van der Waals surface area contributed by atoms with Crippen LogP contribution in [-0.4, -0.2) is 36.4 Å². The van der Waals surface area contributed by atoms with Gasteiger partial charge in [0.2, 0.25) is 5.91 Å². The van der Waals surface area contributed by atoms with Gasteiger partial charge in [-0.3, -0.25) is 15.0 Å². The van der Waals surface area contributed by atoms with Crippen molar-refractivity contribution in [1.82, 2.24) is 10.3 Å². The van der Waals surface area contributed by atoms with E-state index >= 15 is 0 Å². The van der Waals surface area contributed by atoms with E-state index in [1.807, 2.05) is 0 Å². The predicted molar refractivity (Wildman–Crippen MR) is 74.0 cm³/mol. The van der Waals surface area contributed by atoms with E-state index in [9.17, 15) is 9.59 Å². The highest BCUT2D eigenvalue weighted by molar-refractivity contribution is 5.96. The number of hydrogen-bond donors (Lipinski definition) is 2. The average Bonchev–Trinajstić information content (AvgIpc) is 2.77. The molecule has 1 atom stereocenters. The molecule has 1 fully saturated rings. The highest BCUT2D eigenvalue weighted by Gasteiger charge is 2.25. The molecule has 2 amide bonds. The lowest BCUT2D eigenvalue weighted by Crippen LogP contribution is -2.31. The van der Waals surface area contributed by atoms with Gasteiger partial charge < -0.3 is 9.64 Å². The van der Waals surface area contributed by atoms with Crippen molar-refractivity contribution in [2.75, 3.05) is 19.7 Å². The highest BCUT2D eigenvalue weighted by Crippen LogP contribution is 2.19. The van der Waals surface area contributed by atoms with Gasteiger partial charge in [0.25, 0.3) is 5.91 Å². The summed E-state index contributed by atoms with van der Waals surface area (Å²) in [4.78, 5) is 25.0. The molecule has 108 valence electrons. The number of rotatable bonds is 5. The van der Waals surface area contributed by atoms with Gasteiger partial charge in [0, 0.05) is 13.0 Å². The fourth-order valence-electron chi connectivity index (χ4n) is 2.31. The van der Waals surface area contributed by atoms with Gasteiger partial charge in [0.15, 0.2) is 0 Å². The van der Waals surface area contributed by atoms with Crippen molar-refractivity contribution in [3.8, 4) is 5.75 Å². The number of nitrogens with one attached hydrogen (secondary N) is 1. The second kappa shape index (κ2) is 6.38. The lowest BCUT2D eigenvalue weighted by molar-refractivity contribution is -0.128. The maximum absolute atomic E-state index is 11.6.